The molecule has 1 aromatic heterocycles. The van der Waals surface area contributed by atoms with Crippen molar-refractivity contribution in [3.8, 4) is 0 Å². The molecule has 1 aliphatic heterocycles. The Labute approximate surface area is 160 Å². The second kappa shape index (κ2) is 7.92. The molecule has 2 aliphatic rings. The number of carbonyl (C=O) groups is 1. The Kier molecular flexibility index (Phi) is 5.79. The minimum Gasteiger partial charge on any atom is -0.381 e. The normalized spacial score (nSPS) is 19.1. The predicted octanol–water partition coefficient (Wildman–Crippen LogP) is 3.64. The van der Waals surface area contributed by atoms with Crippen LogP contribution in [0, 0.1) is 16.0 Å². The number of anilines is 1. The number of pyridine rings is 1. The first-order chi connectivity index (χ1) is 12.9. The molecule has 7 nitrogen and oxygen atoms in total. The third kappa shape index (κ3) is 3.98. The summed E-state index contributed by atoms with van der Waals surface area (Å²) in [5.41, 5.74) is 0.576. The quantitative estimate of drug-likeness (QED) is 0.509. The summed E-state index contributed by atoms with van der Waals surface area (Å²) < 4.78 is 5.47. The zero-order valence-corrected chi connectivity index (χ0v) is 16.4. The van der Waals surface area contributed by atoms with Gasteiger partial charge in [-0.1, -0.05) is 20.8 Å². The van der Waals surface area contributed by atoms with Crippen LogP contribution in [0.3, 0.4) is 0 Å². The average molecular weight is 375 g/mol. The van der Waals surface area contributed by atoms with Gasteiger partial charge in [0, 0.05) is 38.3 Å². The average Bonchev–Trinajstić information content (AvgIpc) is 3.47. The maximum atomic E-state index is 12.4. The van der Waals surface area contributed by atoms with Crippen molar-refractivity contribution in [3.63, 3.8) is 0 Å². The van der Waals surface area contributed by atoms with Crippen molar-refractivity contribution < 1.29 is 14.5 Å². The Hall–Kier alpha value is -2.02. The highest BCUT2D eigenvalue weighted by atomic mass is 16.6. The molecule has 1 aliphatic carbocycles. The van der Waals surface area contributed by atoms with E-state index in [2.05, 4.69) is 23.7 Å². The van der Waals surface area contributed by atoms with Crippen LogP contribution in [0.25, 0.3) is 0 Å². The van der Waals surface area contributed by atoms with Crippen LogP contribution < -0.4 is 4.90 Å². The summed E-state index contributed by atoms with van der Waals surface area (Å²) in [6.45, 7) is 8.13. The van der Waals surface area contributed by atoms with Gasteiger partial charge < -0.3 is 9.64 Å². The Balaban J connectivity index is 1.99. The van der Waals surface area contributed by atoms with Crippen molar-refractivity contribution in [3.05, 3.63) is 28.1 Å². The van der Waals surface area contributed by atoms with E-state index < -0.39 is 5.41 Å². The van der Waals surface area contributed by atoms with Crippen LogP contribution in [-0.4, -0.2) is 41.5 Å². The highest BCUT2D eigenvalue weighted by Gasteiger charge is 2.52. The first-order valence-corrected chi connectivity index (χ1v) is 9.91. The lowest BCUT2D eigenvalue weighted by atomic mass is 9.93. The van der Waals surface area contributed by atoms with Crippen molar-refractivity contribution in [1.82, 2.24) is 4.98 Å². The maximum Gasteiger partial charge on any atom is 0.295 e. The molecule has 0 aromatic carbocycles. The molecule has 148 valence electrons. The van der Waals surface area contributed by atoms with Gasteiger partial charge in [0.2, 0.25) is 0 Å². The summed E-state index contributed by atoms with van der Waals surface area (Å²) in [4.78, 5) is 30.6. The molecule has 0 atom stereocenters. The predicted molar refractivity (Wildman–Crippen MR) is 103 cm³/mol. The largest absolute Gasteiger partial charge is 0.381 e. The van der Waals surface area contributed by atoms with Crippen molar-refractivity contribution in [2.24, 2.45) is 5.92 Å². The number of ketones is 1. The van der Waals surface area contributed by atoms with Gasteiger partial charge in [0.1, 0.15) is 11.5 Å². The Morgan fingerprint density at radius 3 is 2.59 bits per heavy atom. The Morgan fingerprint density at radius 2 is 2.07 bits per heavy atom. The molecule has 2 fully saturated rings. The molecule has 0 bridgehead atoms. The van der Waals surface area contributed by atoms with Gasteiger partial charge in [0.25, 0.3) is 5.69 Å². The van der Waals surface area contributed by atoms with Gasteiger partial charge in [-0.2, -0.15) is 0 Å². The Morgan fingerprint density at radius 1 is 1.41 bits per heavy atom. The monoisotopic (exact) mass is 375 g/mol. The third-order valence-electron chi connectivity index (χ3n) is 5.66. The first-order valence-electron chi connectivity index (χ1n) is 9.91. The van der Waals surface area contributed by atoms with Gasteiger partial charge >= 0.3 is 0 Å². The van der Waals surface area contributed by atoms with Crippen LogP contribution in [0.5, 0.6) is 0 Å². The fourth-order valence-corrected chi connectivity index (χ4v) is 4.04. The standard InChI is InChI=1S/C20H29N3O4/c1-4-19(24)20(7-8-20)18-11-16(23(25)26)17(12-21-18)22(13-14(2)3)15-5-9-27-10-6-15/h11-12,14-15H,4-10,13H2,1-3H3. The topological polar surface area (TPSA) is 85.6 Å². The van der Waals surface area contributed by atoms with E-state index in [9.17, 15) is 14.9 Å². The molecular formula is C20H29N3O4. The van der Waals surface area contributed by atoms with Crippen molar-refractivity contribution in [1.29, 1.82) is 0 Å². The molecule has 0 amide bonds. The number of nitrogens with zero attached hydrogens (tertiary/aromatic N) is 3. The van der Waals surface area contributed by atoms with E-state index in [4.69, 9.17) is 4.74 Å². The van der Waals surface area contributed by atoms with Gasteiger partial charge in [-0.25, -0.2) is 0 Å². The molecule has 1 aromatic rings. The van der Waals surface area contributed by atoms with Gasteiger partial charge in [-0.05, 0) is 31.6 Å². The van der Waals surface area contributed by atoms with E-state index in [1.807, 2.05) is 6.92 Å². The fourth-order valence-electron chi connectivity index (χ4n) is 4.04. The van der Waals surface area contributed by atoms with Crippen LogP contribution >= 0.6 is 0 Å². The molecule has 1 saturated heterocycles. The summed E-state index contributed by atoms with van der Waals surface area (Å²) in [6.07, 6.45) is 5.22. The minimum atomic E-state index is -0.598. The number of nitro groups is 1. The van der Waals surface area contributed by atoms with Gasteiger partial charge in [-0.15, -0.1) is 0 Å². The van der Waals surface area contributed by atoms with Crippen LogP contribution in [0.4, 0.5) is 11.4 Å². The SMILES string of the molecule is CCC(=O)C1(c2cc([N+](=O)[O-])c(N(CC(C)C)C3CCOCC3)cn2)CC1. The second-order valence-corrected chi connectivity index (χ2v) is 8.06. The fraction of sp³-hybridized carbons (Fsp3) is 0.700. The van der Waals surface area contributed by atoms with E-state index in [1.165, 1.54) is 0 Å². The molecule has 0 radical (unpaired) electrons. The molecular weight excluding hydrogens is 346 g/mol. The number of hydrogen-bond acceptors (Lipinski definition) is 6. The minimum absolute atomic E-state index is 0.0577. The van der Waals surface area contributed by atoms with Crippen molar-refractivity contribution in [2.45, 2.75) is 64.3 Å². The highest BCUT2D eigenvalue weighted by molar-refractivity contribution is 5.92. The number of hydrogen-bond donors (Lipinski definition) is 0. The zero-order valence-electron chi connectivity index (χ0n) is 16.4. The summed E-state index contributed by atoms with van der Waals surface area (Å²) >= 11 is 0. The molecule has 7 heteroatoms. The summed E-state index contributed by atoms with van der Waals surface area (Å²) in [5, 5.41) is 11.9. The van der Waals surface area contributed by atoms with E-state index in [1.54, 1.807) is 12.3 Å². The molecule has 27 heavy (non-hydrogen) atoms. The molecule has 0 N–H and O–H groups in total. The van der Waals surface area contributed by atoms with Crippen LogP contribution in [0.2, 0.25) is 0 Å². The van der Waals surface area contributed by atoms with E-state index in [-0.39, 0.29) is 22.4 Å². The number of ether oxygens (including phenoxy) is 1. The molecule has 1 saturated carbocycles. The highest BCUT2D eigenvalue weighted by Crippen LogP contribution is 2.50. The summed E-state index contributed by atoms with van der Waals surface area (Å²) in [5.74, 6) is 0.490. The van der Waals surface area contributed by atoms with Crippen LogP contribution in [0.15, 0.2) is 12.3 Å². The number of carbonyl (C=O) groups excluding carboxylic acids is 1. The van der Waals surface area contributed by atoms with Crippen LogP contribution in [-0.2, 0) is 14.9 Å². The molecule has 2 heterocycles. The lowest BCUT2D eigenvalue weighted by molar-refractivity contribution is -0.384. The van der Waals surface area contributed by atoms with Crippen LogP contribution in [0.1, 0.15) is 58.6 Å². The summed E-state index contributed by atoms with van der Waals surface area (Å²) in [6, 6.07) is 1.75. The smallest absolute Gasteiger partial charge is 0.295 e. The Bertz CT molecular complexity index is 709. The number of Topliss-reactive ketones (excluding diaryl/α,β-unsaturated/α-hetero) is 1. The summed E-state index contributed by atoms with van der Waals surface area (Å²) in [7, 11) is 0. The van der Waals surface area contributed by atoms with Gasteiger partial charge in [0.05, 0.1) is 22.2 Å². The van der Waals surface area contributed by atoms with Crippen molar-refractivity contribution in [2.75, 3.05) is 24.7 Å². The second-order valence-electron chi connectivity index (χ2n) is 8.06. The maximum absolute atomic E-state index is 12.4. The number of rotatable bonds is 8. The van der Waals surface area contributed by atoms with E-state index in [0.717, 1.165) is 32.2 Å². The molecule has 3 rings (SSSR count). The van der Waals surface area contributed by atoms with Crippen molar-refractivity contribution >= 4 is 17.2 Å². The third-order valence-corrected chi connectivity index (χ3v) is 5.66. The van der Waals surface area contributed by atoms with Gasteiger partial charge in [-0.3, -0.25) is 19.9 Å². The molecule has 0 spiro atoms. The zero-order chi connectivity index (χ0) is 19.6. The first kappa shape index (κ1) is 19.7. The lowest BCUT2D eigenvalue weighted by Crippen LogP contribution is -2.42. The van der Waals surface area contributed by atoms with E-state index in [0.29, 0.717) is 36.9 Å². The van der Waals surface area contributed by atoms with Gasteiger partial charge in [0.15, 0.2) is 0 Å². The molecule has 0 unspecified atom stereocenters. The number of aromatic nitrogens is 1. The lowest BCUT2D eigenvalue weighted by Gasteiger charge is -2.36. The van der Waals surface area contributed by atoms with E-state index >= 15 is 0 Å².